The quantitative estimate of drug-likeness (QED) is 0.336. The van der Waals surface area contributed by atoms with Gasteiger partial charge in [0, 0.05) is 11.5 Å². The maximum atomic E-state index is 11.9. The van der Waals surface area contributed by atoms with E-state index in [0.29, 0.717) is 0 Å². The molecule has 114 valence electrons. The third kappa shape index (κ3) is 5.24. The summed E-state index contributed by atoms with van der Waals surface area (Å²) in [6.07, 6.45) is -0.598. The van der Waals surface area contributed by atoms with Crippen molar-refractivity contribution in [3.05, 3.63) is 10.4 Å². The third-order valence-electron chi connectivity index (χ3n) is 2.39. The van der Waals surface area contributed by atoms with Crippen LogP contribution in [0.4, 0.5) is 4.79 Å². The van der Waals surface area contributed by atoms with Crippen LogP contribution < -0.4 is 0 Å². The summed E-state index contributed by atoms with van der Waals surface area (Å²) in [7, 11) is -3.71. The molecule has 20 heavy (non-hydrogen) atoms. The zero-order valence-corrected chi connectivity index (χ0v) is 12.6. The summed E-state index contributed by atoms with van der Waals surface area (Å²) in [6.45, 7) is 5.20. The lowest BCUT2D eigenvalue weighted by Gasteiger charge is -2.24. The Kier molecular flexibility index (Phi) is 4.85. The number of hydrogen-bond acceptors (Lipinski definition) is 6. The minimum absolute atomic E-state index is 0.00826. The first kappa shape index (κ1) is 16.5. The molecule has 0 aromatic heterocycles. The molecule has 1 amide bonds. The van der Waals surface area contributed by atoms with Gasteiger partial charge in [0.15, 0.2) is 0 Å². The highest BCUT2D eigenvalue weighted by atomic mass is 32.2. The molecule has 1 heterocycles. The number of carbonyl (C=O) groups is 1. The van der Waals surface area contributed by atoms with Gasteiger partial charge in [-0.25, -0.2) is 4.79 Å². The van der Waals surface area contributed by atoms with Gasteiger partial charge >= 0.3 is 6.09 Å². The Bertz CT molecular complexity index is 520. The van der Waals surface area contributed by atoms with Crippen LogP contribution in [0.2, 0.25) is 0 Å². The molecule has 2 atom stereocenters. The van der Waals surface area contributed by atoms with Crippen molar-refractivity contribution in [3.63, 3.8) is 0 Å². The van der Waals surface area contributed by atoms with Crippen LogP contribution in [0.1, 0.15) is 20.8 Å². The third-order valence-corrected chi connectivity index (χ3v) is 2.98. The number of hydrogen-bond donors (Lipinski definition) is 0. The largest absolute Gasteiger partial charge is 0.444 e. The Balaban J connectivity index is 2.80. The van der Waals surface area contributed by atoms with Crippen molar-refractivity contribution in [1.29, 1.82) is 0 Å². The van der Waals surface area contributed by atoms with Gasteiger partial charge in [-0.1, -0.05) is 5.11 Å². The van der Waals surface area contributed by atoms with E-state index in [1.54, 1.807) is 20.8 Å². The average Bonchev–Trinajstić information content (AvgIpc) is 2.57. The SMILES string of the molecule is CC(C)(C)OC(=O)N1CC(N=[N+]=[N-])C(OS(C)(=O)=O)C1. The molecule has 1 saturated heterocycles. The van der Waals surface area contributed by atoms with Gasteiger partial charge in [-0.05, 0) is 26.3 Å². The monoisotopic (exact) mass is 306 g/mol. The molecule has 0 aromatic rings. The van der Waals surface area contributed by atoms with E-state index in [1.807, 2.05) is 0 Å². The lowest BCUT2D eigenvalue weighted by molar-refractivity contribution is 0.0276. The second kappa shape index (κ2) is 5.86. The fourth-order valence-corrected chi connectivity index (χ4v) is 2.37. The van der Waals surface area contributed by atoms with Crippen LogP contribution in [0.5, 0.6) is 0 Å². The highest BCUT2D eigenvalue weighted by Crippen LogP contribution is 2.21. The summed E-state index contributed by atoms with van der Waals surface area (Å²) in [5.74, 6) is 0. The van der Waals surface area contributed by atoms with E-state index in [4.69, 9.17) is 14.5 Å². The predicted octanol–water partition coefficient (Wildman–Crippen LogP) is 1.26. The average molecular weight is 306 g/mol. The number of carbonyl (C=O) groups excluding carboxylic acids is 1. The molecule has 0 saturated carbocycles. The summed E-state index contributed by atoms with van der Waals surface area (Å²) in [5, 5.41) is 3.46. The van der Waals surface area contributed by atoms with E-state index in [1.165, 1.54) is 4.90 Å². The highest BCUT2D eigenvalue weighted by molar-refractivity contribution is 7.86. The van der Waals surface area contributed by atoms with E-state index in [0.717, 1.165) is 6.26 Å². The summed E-state index contributed by atoms with van der Waals surface area (Å²) in [5.41, 5.74) is 7.81. The van der Waals surface area contributed by atoms with Crippen LogP contribution in [0.15, 0.2) is 5.11 Å². The van der Waals surface area contributed by atoms with Gasteiger partial charge < -0.3 is 9.64 Å². The van der Waals surface area contributed by atoms with Crippen molar-refractivity contribution >= 4 is 16.2 Å². The van der Waals surface area contributed by atoms with Gasteiger partial charge in [0.25, 0.3) is 10.1 Å². The van der Waals surface area contributed by atoms with Crippen LogP contribution in [-0.2, 0) is 19.0 Å². The maximum Gasteiger partial charge on any atom is 0.410 e. The molecule has 0 N–H and O–H groups in total. The minimum atomic E-state index is -3.71. The highest BCUT2D eigenvalue weighted by Gasteiger charge is 2.39. The van der Waals surface area contributed by atoms with Gasteiger partial charge in [-0.15, -0.1) is 0 Å². The van der Waals surface area contributed by atoms with Crippen LogP contribution in [0.25, 0.3) is 10.4 Å². The normalized spacial score (nSPS) is 23.3. The molecule has 0 radical (unpaired) electrons. The van der Waals surface area contributed by atoms with Gasteiger partial charge in [0.1, 0.15) is 11.7 Å². The Morgan fingerprint density at radius 3 is 2.45 bits per heavy atom. The van der Waals surface area contributed by atoms with Crippen molar-refractivity contribution in [1.82, 2.24) is 4.90 Å². The summed E-state index contributed by atoms with van der Waals surface area (Å²) in [6, 6.07) is -0.762. The van der Waals surface area contributed by atoms with Gasteiger partial charge in [0.2, 0.25) is 0 Å². The van der Waals surface area contributed by atoms with Gasteiger partial charge in [0.05, 0.1) is 18.8 Å². The lowest BCUT2D eigenvalue weighted by Crippen LogP contribution is -2.36. The molecular weight excluding hydrogens is 288 g/mol. The first-order valence-electron chi connectivity index (χ1n) is 5.92. The van der Waals surface area contributed by atoms with E-state index >= 15 is 0 Å². The fourth-order valence-electron chi connectivity index (χ4n) is 1.73. The van der Waals surface area contributed by atoms with Crippen molar-refractivity contribution in [2.24, 2.45) is 5.11 Å². The molecule has 0 aliphatic carbocycles. The Morgan fingerprint density at radius 2 is 2.00 bits per heavy atom. The number of amides is 1. The molecule has 2 unspecified atom stereocenters. The molecule has 9 nitrogen and oxygen atoms in total. The first-order chi connectivity index (χ1) is 9.02. The van der Waals surface area contributed by atoms with E-state index in [2.05, 4.69) is 10.0 Å². The fraction of sp³-hybridized carbons (Fsp3) is 0.900. The smallest absolute Gasteiger partial charge is 0.410 e. The van der Waals surface area contributed by atoms with E-state index in [-0.39, 0.29) is 13.1 Å². The summed E-state index contributed by atoms with van der Waals surface area (Å²) >= 11 is 0. The molecule has 1 rings (SSSR count). The molecule has 0 aromatic carbocycles. The second-order valence-electron chi connectivity index (χ2n) is 5.50. The predicted molar refractivity (Wildman–Crippen MR) is 70.5 cm³/mol. The topological polar surface area (TPSA) is 122 Å². The van der Waals surface area contributed by atoms with Crippen molar-refractivity contribution in [2.75, 3.05) is 19.3 Å². The van der Waals surface area contributed by atoms with E-state index < -0.39 is 34.0 Å². The molecule has 1 fully saturated rings. The molecule has 1 aliphatic rings. The van der Waals surface area contributed by atoms with Gasteiger partial charge in [-0.3, -0.25) is 4.18 Å². The molecule has 0 bridgehead atoms. The summed E-state index contributed by atoms with van der Waals surface area (Å²) in [4.78, 5) is 15.8. The number of rotatable bonds is 3. The Labute approximate surface area is 117 Å². The molecule has 0 spiro atoms. The van der Waals surface area contributed by atoms with Crippen molar-refractivity contribution in [3.8, 4) is 0 Å². The second-order valence-corrected chi connectivity index (χ2v) is 7.10. The Morgan fingerprint density at radius 1 is 1.40 bits per heavy atom. The van der Waals surface area contributed by atoms with Crippen LogP contribution in [0, 0.1) is 0 Å². The minimum Gasteiger partial charge on any atom is -0.444 e. The van der Waals surface area contributed by atoms with E-state index in [9.17, 15) is 13.2 Å². The number of likely N-dealkylation sites (tertiary alicyclic amines) is 1. The van der Waals surface area contributed by atoms with Crippen LogP contribution in [-0.4, -0.2) is 56.5 Å². The zero-order valence-electron chi connectivity index (χ0n) is 11.8. The standard InChI is InChI=1S/C10H18N4O5S/c1-10(2,3)18-9(15)14-5-7(12-13-11)8(6-14)19-20(4,16)17/h7-8H,5-6H2,1-4H3. The number of ether oxygens (including phenoxy) is 1. The van der Waals surface area contributed by atoms with Crippen LogP contribution >= 0.6 is 0 Å². The molecule has 1 aliphatic heterocycles. The maximum absolute atomic E-state index is 11.9. The zero-order chi connectivity index (χ0) is 15.6. The molecule has 10 heteroatoms. The molecular formula is C10H18N4O5S. The van der Waals surface area contributed by atoms with Gasteiger partial charge in [-0.2, -0.15) is 8.42 Å². The summed E-state index contributed by atoms with van der Waals surface area (Å²) < 4.78 is 32.3. The number of azide groups is 1. The Hall–Kier alpha value is -1.51. The van der Waals surface area contributed by atoms with Crippen molar-refractivity contribution < 1.29 is 22.1 Å². The number of nitrogens with zero attached hydrogens (tertiary/aromatic N) is 4. The van der Waals surface area contributed by atoms with Crippen LogP contribution in [0.3, 0.4) is 0 Å². The van der Waals surface area contributed by atoms with Crippen molar-refractivity contribution in [2.45, 2.75) is 38.5 Å². The first-order valence-corrected chi connectivity index (χ1v) is 7.74. The lowest BCUT2D eigenvalue weighted by atomic mass is 10.2.